The van der Waals surface area contributed by atoms with E-state index in [0.717, 1.165) is 12.0 Å². The second kappa shape index (κ2) is 8.07. The molecule has 0 saturated carbocycles. The SMILES string of the molecule is CCC[C@H](NC(C)=O)C(=O)Nc1nncn1Cc1ccccc1. The van der Waals surface area contributed by atoms with Crippen LogP contribution in [-0.2, 0) is 16.1 Å². The van der Waals surface area contributed by atoms with Crippen molar-refractivity contribution >= 4 is 17.8 Å². The fraction of sp³-hybridized carbons (Fsp3) is 0.375. The average Bonchev–Trinajstić information content (AvgIpc) is 2.94. The summed E-state index contributed by atoms with van der Waals surface area (Å²) in [5.74, 6) is -0.154. The summed E-state index contributed by atoms with van der Waals surface area (Å²) in [5.41, 5.74) is 1.08. The molecule has 0 aliphatic carbocycles. The lowest BCUT2D eigenvalue weighted by Crippen LogP contribution is -2.43. The van der Waals surface area contributed by atoms with E-state index >= 15 is 0 Å². The summed E-state index contributed by atoms with van der Waals surface area (Å²) >= 11 is 0. The van der Waals surface area contributed by atoms with Gasteiger partial charge in [0.1, 0.15) is 12.4 Å². The van der Waals surface area contributed by atoms with Crippen molar-refractivity contribution in [2.24, 2.45) is 0 Å². The van der Waals surface area contributed by atoms with Crippen molar-refractivity contribution in [2.45, 2.75) is 39.3 Å². The summed E-state index contributed by atoms with van der Waals surface area (Å²) in [4.78, 5) is 23.6. The number of carbonyl (C=O) groups excluding carboxylic acids is 2. The van der Waals surface area contributed by atoms with Crippen LogP contribution in [0, 0.1) is 0 Å². The second-order valence-electron chi connectivity index (χ2n) is 5.30. The zero-order chi connectivity index (χ0) is 16.7. The highest BCUT2D eigenvalue weighted by Gasteiger charge is 2.20. The van der Waals surface area contributed by atoms with Gasteiger partial charge in [-0.2, -0.15) is 0 Å². The number of benzene rings is 1. The van der Waals surface area contributed by atoms with Gasteiger partial charge in [-0.05, 0) is 12.0 Å². The van der Waals surface area contributed by atoms with Crippen LogP contribution in [0.25, 0.3) is 0 Å². The van der Waals surface area contributed by atoms with Crippen LogP contribution in [0.1, 0.15) is 32.3 Å². The Bertz CT molecular complexity index is 654. The highest BCUT2D eigenvalue weighted by molar-refractivity contribution is 5.95. The normalized spacial score (nSPS) is 11.7. The number of nitrogens with one attached hydrogen (secondary N) is 2. The Kier molecular flexibility index (Phi) is 5.85. The maximum atomic E-state index is 12.3. The Morgan fingerprint density at radius 3 is 2.65 bits per heavy atom. The molecule has 0 bridgehead atoms. The number of aromatic nitrogens is 3. The second-order valence-corrected chi connectivity index (χ2v) is 5.30. The first-order valence-corrected chi connectivity index (χ1v) is 7.60. The fourth-order valence-corrected chi connectivity index (χ4v) is 2.25. The predicted octanol–water partition coefficient (Wildman–Crippen LogP) is 1.57. The van der Waals surface area contributed by atoms with E-state index in [1.807, 2.05) is 37.3 Å². The number of carbonyl (C=O) groups is 2. The highest BCUT2D eigenvalue weighted by atomic mass is 16.2. The Hall–Kier alpha value is -2.70. The smallest absolute Gasteiger partial charge is 0.249 e. The zero-order valence-corrected chi connectivity index (χ0v) is 13.3. The van der Waals surface area contributed by atoms with Gasteiger partial charge in [0.25, 0.3) is 0 Å². The minimum atomic E-state index is -0.570. The van der Waals surface area contributed by atoms with Gasteiger partial charge in [0.05, 0.1) is 6.54 Å². The van der Waals surface area contributed by atoms with Crippen LogP contribution in [0.4, 0.5) is 5.95 Å². The Morgan fingerprint density at radius 1 is 1.26 bits per heavy atom. The van der Waals surface area contributed by atoms with Crippen LogP contribution in [0.3, 0.4) is 0 Å². The molecule has 7 nitrogen and oxygen atoms in total. The van der Waals surface area contributed by atoms with E-state index in [4.69, 9.17) is 0 Å². The molecule has 1 aromatic carbocycles. The third-order valence-corrected chi connectivity index (χ3v) is 3.32. The zero-order valence-electron chi connectivity index (χ0n) is 13.3. The highest BCUT2D eigenvalue weighted by Crippen LogP contribution is 2.09. The molecule has 23 heavy (non-hydrogen) atoms. The molecule has 7 heteroatoms. The maximum Gasteiger partial charge on any atom is 0.249 e. The van der Waals surface area contributed by atoms with Crippen LogP contribution in [-0.4, -0.2) is 32.6 Å². The fourth-order valence-electron chi connectivity index (χ4n) is 2.25. The molecule has 0 spiro atoms. The van der Waals surface area contributed by atoms with Crippen LogP contribution < -0.4 is 10.6 Å². The lowest BCUT2D eigenvalue weighted by Gasteiger charge is -2.16. The molecule has 1 aromatic heterocycles. The lowest BCUT2D eigenvalue weighted by molar-refractivity contribution is -0.125. The van der Waals surface area contributed by atoms with Gasteiger partial charge in [-0.25, -0.2) is 0 Å². The molecule has 1 heterocycles. The molecular formula is C16H21N5O2. The molecule has 0 radical (unpaired) electrons. The van der Waals surface area contributed by atoms with Gasteiger partial charge >= 0.3 is 0 Å². The number of amides is 2. The van der Waals surface area contributed by atoms with E-state index < -0.39 is 6.04 Å². The summed E-state index contributed by atoms with van der Waals surface area (Å²) in [6, 6.07) is 9.25. The van der Waals surface area contributed by atoms with E-state index in [1.54, 1.807) is 10.9 Å². The summed E-state index contributed by atoms with van der Waals surface area (Å²) in [6.45, 7) is 3.91. The molecule has 2 N–H and O–H groups in total. The molecule has 0 aliphatic heterocycles. The quantitative estimate of drug-likeness (QED) is 0.811. The third-order valence-electron chi connectivity index (χ3n) is 3.32. The number of hydrogen-bond acceptors (Lipinski definition) is 4. The van der Waals surface area contributed by atoms with Crippen LogP contribution >= 0.6 is 0 Å². The van der Waals surface area contributed by atoms with Crippen molar-refractivity contribution < 1.29 is 9.59 Å². The summed E-state index contributed by atoms with van der Waals surface area (Å²) in [7, 11) is 0. The van der Waals surface area contributed by atoms with E-state index in [2.05, 4.69) is 20.8 Å². The van der Waals surface area contributed by atoms with Gasteiger partial charge in [0.15, 0.2) is 0 Å². The Balaban J connectivity index is 2.06. The first kappa shape index (κ1) is 16.7. The topological polar surface area (TPSA) is 88.9 Å². The first-order valence-electron chi connectivity index (χ1n) is 7.60. The first-order chi connectivity index (χ1) is 11.1. The average molecular weight is 315 g/mol. The summed E-state index contributed by atoms with van der Waals surface area (Å²) in [5, 5.41) is 13.2. The molecule has 122 valence electrons. The van der Waals surface area contributed by atoms with Gasteiger partial charge in [0, 0.05) is 6.92 Å². The number of nitrogens with zero attached hydrogens (tertiary/aromatic N) is 3. The van der Waals surface area contributed by atoms with Crippen molar-refractivity contribution in [1.29, 1.82) is 0 Å². The van der Waals surface area contributed by atoms with Crippen LogP contribution in [0.5, 0.6) is 0 Å². The van der Waals surface area contributed by atoms with Crippen molar-refractivity contribution in [3.05, 3.63) is 42.2 Å². The minimum absolute atomic E-state index is 0.232. The molecule has 2 aromatic rings. The molecule has 2 rings (SSSR count). The maximum absolute atomic E-state index is 12.3. The van der Waals surface area contributed by atoms with Crippen molar-refractivity contribution in [3.8, 4) is 0 Å². The Morgan fingerprint density at radius 2 is 2.00 bits per heavy atom. The molecule has 0 saturated heterocycles. The molecule has 2 amide bonds. The minimum Gasteiger partial charge on any atom is -0.345 e. The van der Waals surface area contributed by atoms with Crippen molar-refractivity contribution in [1.82, 2.24) is 20.1 Å². The van der Waals surface area contributed by atoms with Gasteiger partial charge in [0.2, 0.25) is 17.8 Å². The standard InChI is InChI=1S/C16H21N5O2/c1-3-7-14(18-12(2)22)15(23)19-16-20-17-11-21(16)10-13-8-5-4-6-9-13/h4-6,8-9,11,14H,3,7,10H2,1-2H3,(H,18,22)(H,19,20,23)/t14-/m0/s1. The molecule has 1 atom stereocenters. The number of rotatable bonds is 7. The third kappa shape index (κ3) is 4.91. The number of hydrogen-bond donors (Lipinski definition) is 2. The van der Waals surface area contributed by atoms with Crippen molar-refractivity contribution in [2.75, 3.05) is 5.32 Å². The van der Waals surface area contributed by atoms with Crippen LogP contribution in [0.15, 0.2) is 36.7 Å². The Labute approximate surface area is 135 Å². The van der Waals surface area contributed by atoms with E-state index in [-0.39, 0.29) is 11.8 Å². The van der Waals surface area contributed by atoms with Crippen molar-refractivity contribution in [3.63, 3.8) is 0 Å². The molecule has 0 fully saturated rings. The molecule has 0 unspecified atom stereocenters. The van der Waals surface area contributed by atoms with Gasteiger partial charge in [-0.3, -0.25) is 19.5 Å². The monoisotopic (exact) mass is 315 g/mol. The summed E-state index contributed by atoms with van der Waals surface area (Å²) in [6.07, 6.45) is 2.92. The van der Waals surface area contributed by atoms with E-state index in [9.17, 15) is 9.59 Å². The predicted molar refractivity (Wildman–Crippen MR) is 86.7 cm³/mol. The molecule has 0 aliphatic rings. The molecular weight excluding hydrogens is 294 g/mol. The van der Waals surface area contributed by atoms with E-state index in [1.165, 1.54) is 6.92 Å². The van der Waals surface area contributed by atoms with Crippen LogP contribution in [0.2, 0.25) is 0 Å². The summed E-state index contributed by atoms with van der Waals surface area (Å²) < 4.78 is 1.75. The number of anilines is 1. The van der Waals surface area contributed by atoms with E-state index in [0.29, 0.717) is 18.9 Å². The van der Waals surface area contributed by atoms with Gasteiger partial charge in [-0.15, -0.1) is 10.2 Å². The largest absolute Gasteiger partial charge is 0.345 e. The van der Waals surface area contributed by atoms with Gasteiger partial charge < -0.3 is 5.32 Å². The van der Waals surface area contributed by atoms with Gasteiger partial charge in [-0.1, -0.05) is 43.7 Å². The lowest BCUT2D eigenvalue weighted by atomic mass is 10.1.